The number of hydrogen-bond donors (Lipinski definition) is 1. The van der Waals surface area contributed by atoms with Crippen molar-refractivity contribution in [1.29, 1.82) is 0 Å². The van der Waals surface area contributed by atoms with E-state index in [4.69, 9.17) is 4.74 Å². The molecular weight excluding hydrogens is 300 g/mol. The standard InChI is InChI=1S/C20H24N2O2/c1-15-8-9-18(16(2)14-15)21-19(17-6-4-3-5-7-17)20(23)22-10-12-24-13-11-22/h3-9,14,19,21H,10-13H2,1-2H3. The van der Waals surface area contributed by atoms with Gasteiger partial charge in [-0.3, -0.25) is 4.79 Å². The normalized spacial score (nSPS) is 15.8. The number of amides is 1. The summed E-state index contributed by atoms with van der Waals surface area (Å²) in [5.41, 5.74) is 4.34. The molecule has 1 fully saturated rings. The Morgan fingerprint density at radius 2 is 1.79 bits per heavy atom. The summed E-state index contributed by atoms with van der Waals surface area (Å²) in [5, 5.41) is 3.46. The third kappa shape index (κ3) is 3.77. The van der Waals surface area contributed by atoms with Crippen LogP contribution >= 0.6 is 0 Å². The van der Waals surface area contributed by atoms with Gasteiger partial charge < -0.3 is 15.0 Å². The van der Waals surface area contributed by atoms with Crippen molar-refractivity contribution in [3.05, 3.63) is 65.2 Å². The molecule has 4 heteroatoms. The maximum atomic E-state index is 13.1. The van der Waals surface area contributed by atoms with Gasteiger partial charge in [0.2, 0.25) is 5.91 Å². The molecule has 1 heterocycles. The second-order valence-electron chi connectivity index (χ2n) is 6.24. The zero-order valence-corrected chi connectivity index (χ0v) is 14.3. The molecule has 0 spiro atoms. The molecule has 0 bridgehead atoms. The lowest BCUT2D eigenvalue weighted by Gasteiger charge is -2.31. The van der Waals surface area contributed by atoms with Crippen LogP contribution in [0.4, 0.5) is 5.69 Å². The fraction of sp³-hybridized carbons (Fsp3) is 0.350. The largest absolute Gasteiger partial charge is 0.378 e. The van der Waals surface area contributed by atoms with Gasteiger partial charge in [-0.15, -0.1) is 0 Å². The minimum atomic E-state index is -0.384. The number of benzene rings is 2. The molecule has 3 rings (SSSR count). The lowest BCUT2D eigenvalue weighted by molar-refractivity contribution is -0.136. The van der Waals surface area contributed by atoms with Crippen LogP contribution in [-0.2, 0) is 9.53 Å². The molecule has 1 unspecified atom stereocenters. The number of carbonyl (C=O) groups is 1. The summed E-state index contributed by atoms with van der Waals surface area (Å²) in [6.45, 7) is 6.65. The predicted molar refractivity (Wildman–Crippen MR) is 96.1 cm³/mol. The van der Waals surface area contributed by atoms with Crippen molar-refractivity contribution < 1.29 is 9.53 Å². The topological polar surface area (TPSA) is 41.6 Å². The van der Waals surface area contributed by atoms with Crippen LogP contribution in [0.5, 0.6) is 0 Å². The van der Waals surface area contributed by atoms with Crippen LogP contribution in [0.25, 0.3) is 0 Å². The number of aryl methyl sites for hydroxylation is 2. The molecule has 1 N–H and O–H groups in total. The highest BCUT2D eigenvalue weighted by atomic mass is 16.5. The highest BCUT2D eigenvalue weighted by molar-refractivity contribution is 5.86. The van der Waals surface area contributed by atoms with Gasteiger partial charge in [-0.1, -0.05) is 48.0 Å². The minimum absolute atomic E-state index is 0.101. The van der Waals surface area contributed by atoms with Crippen molar-refractivity contribution in [2.75, 3.05) is 31.6 Å². The number of nitrogens with zero attached hydrogens (tertiary/aromatic N) is 1. The Bertz CT molecular complexity index is 694. The third-order valence-corrected chi connectivity index (χ3v) is 4.38. The van der Waals surface area contributed by atoms with Crippen LogP contribution in [0.3, 0.4) is 0 Å². The second-order valence-corrected chi connectivity index (χ2v) is 6.24. The smallest absolute Gasteiger partial charge is 0.249 e. The summed E-state index contributed by atoms with van der Waals surface area (Å²) in [7, 11) is 0. The van der Waals surface area contributed by atoms with Crippen molar-refractivity contribution >= 4 is 11.6 Å². The highest BCUT2D eigenvalue weighted by Gasteiger charge is 2.27. The molecule has 1 amide bonds. The number of anilines is 1. The lowest BCUT2D eigenvalue weighted by Crippen LogP contribution is -2.44. The zero-order chi connectivity index (χ0) is 16.9. The molecule has 1 saturated heterocycles. The molecule has 1 aliphatic rings. The van der Waals surface area contributed by atoms with Gasteiger partial charge in [-0.25, -0.2) is 0 Å². The Labute approximate surface area is 143 Å². The number of morpholine rings is 1. The van der Waals surface area contributed by atoms with Gasteiger partial charge in [0, 0.05) is 18.8 Å². The van der Waals surface area contributed by atoms with Gasteiger partial charge in [0.05, 0.1) is 13.2 Å². The second kappa shape index (κ2) is 7.49. The molecule has 0 aliphatic carbocycles. The maximum Gasteiger partial charge on any atom is 0.249 e. The van der Waals surface area contributed by atoms with Gasteiger partial charge in [-0.2, -0.15) is 0 Å². The quantitative estimate of drug-likeness (QED) is 0.938. The Hall–Kier alpha value is -2.33. The third-order valence-electron chi connectivity index (χ3n) is 4.38. The number of rotatable bonds is 4. The Kier molecular flexibility index (Phi) is 5.16. The molecular formula is C20H24N2O2. The first kappa shape index (κ1) is 16.5. The molecule has 0 radical (unpaired) electrons. The van der Waals surface area contributed by atoms with Gasteiger partial charge >= 0.3 is 0 Å². The van der Waals surface area contributed by atoms with Crippen LogP contribution in [0.2, 0.25) is 0 Å². The fourth-order valence-electron chi connectivity index (χ4n) is 3.03. The van der Waals surface area contributed by atoms with Gasteiger partial charge in [-0.05, 0) is 31.0 Å². The molecule has 2 aromatic carbocycles. The molecule has 4 nitrogen and oxygen atoms in total. The first-order chi connectivity index (χ1) is 11.6. The van der Waals surface area contributed by atoms with Crippen LogP contribution in [0, 0.1) is 13.8 Å². The van der Waals surface area contributed by atoms with Crippen molar-refractivity contribution in [2.45, 2.75) is 19.9 Å². The minimum Gasteiger partial charge on any atom is -0.378 e. The molecule has 24 heavy (non-hydrogen) atoms. The number of ether oxygens (including phenoxy) is 1. The maximum absolute atomic E-state index is 13.1. The van der Waals surface area contributed by atoms with Gasteiger partial charge in [0.25, 0.3) is 0 Å². The van der Waals surface area contributed by atoms with Gasteiger partial charge in [0.15, 0.2) is 0 Å². The molecule has 126 valence electrons. The van der Waals surface area contributed by atoms with E-state index in [1.807, 2.05) is 41.3 Å². The van der Waals surface area contributed by atoms with Crippen molar-refractivity contribution in [3.8, 4) is 0 Å². The van der Waals surface area contributed by atoms with Crippen molar-refractivity contribution in [1.82, 2.24) is 4.90 Å². The van der Waals surface area contributed by atoms with Crippen LogP contribution < -0.4 is 5.32 Å². The summed E-state index contributed by atoms with van der Waals surface area (Å²) >= 11 is 0. The van der Waals surface area contributed by atoms with E-state index in [0.717, 1.165) is 16.8 Å². The van der Waals surface area contributed by atoms with E-state index in [1.54, 1.807) is 0 Å². The Morgan fingerprint density at radius 1 is 1.08 bits per heavy atom. The van der Waals surface area contributed by atoms with Crippen LogP contribution in [0.15, 0.2) is 48.5 Å². The Balaban J connectivity index is 1.88. The Morgan fingerprint density at radius 3 is 2.46 bits per heavy atom. The summed E-state index contributed by atoms with van der Waals surface area (Å²) in [6.07, 6.45) is 0. The highest BCUT2D eigenvalue weighted by Crippen LogP contribution is 2.25. The number of hydrogen-bond acceptors (Lipinski definition) is 3. The summed E-state index contributed by atoms with van der Waals surface area (Å²) in [4.78, 5) is 15.0. The molecule has 2 aromatic rings. The zero-order valence-electron chi connectivity index (χ0n) is 14.3. The summed E-state index contributed by atoms with van der Waals surface area (Å²) in [5.74, 6) is 0.101. The van der Waals surface area contributed by atoms with E-state index in [9.17, 15) is 4.79 Å². The molecule has 0 aromatic heterocycles. The SMILES string of the molecule is Cc1ccc(NC(C(=O)N2CCOCC2)c2ccccc2)c(C)c1. The first-order valence-electron chi connectivity index (χ1n) is 8.40. The van der Waals surface area contributed by atoms with Crippen LogP contribution in [0.1, 0.15) is 22.7 Å². The molecule has 1 atom stereocenters. The van der Waals surface area contributed by atoms with Crippen molar-refractivity contribution in [3.63, 3.8) is 0 Å². The lowest BCUT2D eigenvalue weighted by atomic mass is 10.0. The van der Waals surface area contributed by atoms with E-state index in [0.29, 0.717) is 26.3 Å². The predicted octanol–water partition coefficient (Wildman–Crippen LogP) is 3.32. The van der Waals surface area contributed by atoms with E-state index in [-0.39, 0.29) is 11.9 Å². The number of carbonyl (C=O) groups excluding carboxylic acids is 1. The monoisotopic (exact) mass is 324 g/mol. The van der Waals surface area contributed by atoms with E-state index < -0.39 is 0 Å². The first-order valence-corrected chi connectivity index (χ1v) is 8.40. The fourth-order valence-corrected chi connectivity index (χ4v) is 3.03. The van der Waals surface area contributed by atoms with E-state index in [1.165, 1.54) is 5.56 Å². The molecule has 0 saturated carbocycles. The number of nitrogens with one attached hydrogen (secondary N) is 1. The average Bonchev–Trinajstić information content (AvgIpc) is 2.62. The van der Waals surface area contributed by atoms with Crippen molar-refractivity contribution in [2.24, 2.45) is 0 Å². The van der Waals surface area contributed by atoms with Crippen LogP contribution in [-0.4, -0.2) is 37.1 Å². The summed E-state index contributed by atoms with van der Waals surface area (Å²) in [6, 6.07) is 15.8. The average molecular weight is 324 g/mol. The van der Waals surface area contributed by atoms with E-state index >= 15 is 0 Å². The van der Waals surface area contributed by atoms with E-state index in [2.05, 4.69) is 31.3 Å². The summed E-state index contributed by atoms with van der Waals surface area (Å²) < 4.78 is 5.37. The molecule has 1 aliphatic heterocycles. The van der Waals surface area contributed by atoms with Gasteiger partial charge in [0.1, 0.15) is 6.04 Å².